The van der Waals surface area contributed by atoms with Crippen molar-refractivity contribution in [2.45, 2.75) is 63.7 Å². The Morgan fingerprint density at radius 3 is 1.58 bits per heavy atom. The molecule has 5 atom stereocenters. The lowest BCUT2D eigenvalue weighted by molar-refractivity contribution is -0.148. The minimum atomic E-state index is -0.608. The maximum atomic E-state index is 11.2. The van der Waals surface area contributed by atoms with Crippen LogP contribution in [0.3, 0.4) is 0 Å². The molecule has 43 heavy (non-hydrogen) atoms. The number of aliphatic hydroxyl groups is 1. The van der Waals surface area contributed by atoms with Crippen LogP contribution in [0.4, 0.5) is 0 Å². The summed E-state index contributed by atoms with van der Waals surface area (Å²) in [7, 11) is 1.66. The largest absolute Gasteiger partial charge is 0.497 e. The topological polar surface area (TPSA) is 66.4 Å². The van der Waals surface area contributed by atoms with Crippen LogP contribution in [0.25, 0.3) is 0 Å². The summed E-state index contributed by atoms with van der Waals surface area (Å²) in [6.07, 6.45) is -0.713. The quantitative estimate of drug-likeness (QED) is 0.166. The third-order valence-electron chi connectivity index (χ3n) is 7.91. The van der Waals surface area contributed by atoms with Crippen molar-refractivity contribution in [3.05, 3.63) is 138 Å². The number of methoxy groups -OCH3 is 1. The molecule has 5 rings (SSSR count). The summed E-state index contributed by atoms with van der Waals surface area (Å²) < 4.78 is 31.5. The molecule has 226 valence electrons. The van der Waals surface area contributed by atoms with Crippen LogP contribution in [-0.4, -0.2) is 43.2 Å². The third-order valence-corrected chi connectivity index (χ3v) is 7.91. The highest BCUT2D eigenvalue weighted by Crippen LogP contribution is 2.33. The molecular weight excluding hydrogens is 540 g/mol. The van der Waals surface area contributed by atoms with Crippen molar-refractivity contribution in [1.29, 1.82) is 0 Å². The van der Waals surface area contributed by atoms with Crippen molar-refractivity contribution in [2.75, 3.05) is 13.7 Å². The minimum Gasteiger partial charge on any atom is -0.497 e. The van der Waals surface area contributed by atoms with E-state index < -0.39 is 6.10 Å². The number of hydrogen-bond donors (Lipinski definition) is 1. The van der Waals surface area contributed by atoms with Gasteiger partial charge < -0.3 is 28.8 Å². The first-order valence-electron chi connectivity index (χ1n) is 15.0. The van der Waals surface area contributed by atoms with Gasteiger partial charge >= 0.3 is 0 Å². The van der Waals surface area contributed by atoms with Gasteiger partial charge in [0.15, 0.2) is 0 Å². The van der Waals surface area contributed by atoms with E-state index in [-0.39, 0.29) is 24.2 Å². The Bertz CT molecular complexity index is 1320. The molecule has 1 saturated carbocycles. The van der Waals surface area contributed by atoms with Gasteiger partial charge in [0.25, 0.3) is 0 Å². The molecule has 0 amide bonds. The van der Waals surface area contributed by atoms with Crippen LogP contribution in [0.5, 0.6) is 5.75 Å². The van der Waals surface area contributed by atoms with E-state index in [4.69, 9.17) is 23.7 Å². The predicted molar refractivity (Wildman–Crippen MR) is 166 cm³/mol. The molecule has 0 radical (unpaired) electrons. The molecule has 1 aliphatic carbocycles. The van der Waals surface area contributed by atoms with Gasteiger partial charge in [-0.05, 0) is 34.4 Å². The molecule has 1 N–H and O–H groups in total. The van der Waals surface area contributed by atoms with Gasteiger partial charge in [0.2, 0.25) is 0 Å². The number of hydrogen-bond acceptors (Lipinski definition) is 6. The lowest BCUT2D eigenvalue weighted by Gasteiger charge is -2.35. The molecule has 0 aromatic heterocycles. The third kappa shape index (κ3) is 9.48. The van der Waals surface area contributed by atoms with Gasteiger partial charge in [0.05, 0.1) is 64.6 Å². The van der Waals surface area contributed by atoms with E-state index >= 15 is 0 Å². The number of aliphatic hydroxyl groups excluding tert-OH is 1. The monoisotopic (exact) mass is 582 g/mol. The number of ether oxygens (including phenoxy) is 5. The van der Waals surface area contributed by atoms with Crippen molar-refractivity contribution < 1.29 is 28.8 Å². The lowest BCUT2D eigenvalue weighted by Crippen LogP contribution is -2.44. The zero-order chi connectivity index (χ0) is 29.7. The Morgan fingerprint density at radius 2 is 1.02 bits per heavy atom. The summed E-state index contributed by atoms with van der Waals surface area (Å²) in [6.45, 7) is 2.13. The van der Waals surface area contributed by atoms with E-state index in [9.17, 15) is 5.11 Å². The summed E-state index contributed by atoms with van der Waals surface area (Å²) in [5, 5.41) is 11.2. The Kier molecular flexibility index (Phi) is 11.8. The maximum absolute atomic E-state index is 11.2. The van der Waals surface area contributed by atoms with Gasteiger partial charge in [0, 0.05) is 18.8 Å². The van der Waals surface area contributed by atoms with Crippen molar-refractivity contribution in [3.8, 4) is 5.75 Å². The fourth-order valence-electron chi connectivity index (χ4n) is 5.57. The summed E-state index contributed by atoms with van der Waals surface area (Å²) in [4.78, 5) is 0. The molecule has 1 aliphatic rings. The zero-order valence-corrected chi connectivity index (χ0v) is 24.8. The van der Waals surface area contributed by atoms with Gasteiger partial charge in [-0.25, -0.2) is 0 Å². The molecule has 0 spiro atoms. The average molecular weight is 583 g/mol. The van der Waals surface area contributed by atoms with Crippen LogP contribution in [0.2, 0.25) is 0 Å². The summed E-state index contributed by atoms with van der Waals surface area (Å²) >= 11 is 0. The average Bonchev–Trinajstić information content (AvgIpc) is 3.18. The first-order chi connectivity index (χ1) is 21.2. The molecule has 0 bridgehead atoms. The van der Waals surface area contributed by atoms with Gasteiger partial charge in [-0.1, -0.05) is 103 Å². The van der Waals surface area contributed by atoms with E-state index in [1.54, 1.807) is 7.11 Å². The SMILES string of the molecule is COc1ccc(CO[C@@H]2CC(O)C[C@@H](OCc3ccccc3)[C@H](OCc3ccccc3)[C@H]2COCc2ccccc2)cc1. The van der Waals surface area contributed by atoms with Crippen molar-refractivity contribution in [1.82, 2.24) is 0 Å². The van der Waals surface area contributed by atoms with E-state index in [1.165, 1.54) is 0 Å². The second-order valence-electron chi connectivity index (χ2n) is 11.1. The van der Waals surface area contributed by atoms with Crippen LogP contribution in [0, 0.1) is 5.92 Å². The molecular formula is C37H42O6. The van der Waals surface area contributed by atoms with Crippen LogP contribution >= 0.6 is 0 Å². The second kappa shape index (κ2) is 16.4. The van der Waals surface area contributed by atoms with Gasteiger partial charge in [-0.3, -0.25) is 0 Å². The Labute approximate surface area is 255 Å². The predicted octanol–water partition coefficient (Wildman–Crippen LogP) is 6.74. The van der Waals surface area contributed by atoms with Gasteiger partial charge in [0.1, 0.15) is 5.75 Å². The van der Waals surface area contributed by atoms with E-state index in [1.807, 2.05) is 91.0 Å². The number of benzene rings is 4. The van der Waals surface area contributed by atoms with E-state index in [0.29, 0.717) is 45.9 Å². The fraction of sp³-hybridized carbons (Fsp3) is 0.351. The van der Waals surface area contributed by atoms with Gasteiger partial charge in [-0.15, -0.1) is 0 Å². The first kappa shape index (κ1) is 30.9. The van der Waals surface area contributed by atoms with Crippen LogP contribution < -0.4 is 4.74 Å². The summed E-state index contributed by atoms with van der Waals surface area (Å²) in [5.41, 5.74) is 4.29. The highest BCUT2D eigenvalue weighted by Gasteiger charge is 2.42. The fourth-order valence-corrected chi connectivity index (χ4v) is 5.57. The summed E-state index contributed by atoms with van der Waals surface area (Å²) in [5.74, 6) is 0.622. The molecule has 6 heteroatoms. The van der Waals surface area contributed by atoms with Crippen LogP contribution in [0.15, 0.2) is 115 Å². The smallest absolute Gasteiger partial charge is 0.118 e. The second-order valence-corrected chi connectivity index (χ2v) is 11.1. The van der Waals surface area contributed by atoms with Crippen LogP contribution in [0.1, 0.15) is 35.1 Å². The molecule has 0 heterocycles. The van der Waals surface area contributed by atoms with Crippen molar-refractivity contribution in [2.24, 2.45) is 5.92 Å². The van der Waals surface area contributed by atoms with E-state index in [2.05, 4.69) is 24.3 Å². The zero-order valence-electron chi connectivity index (χ0n) is 24.8. The Morgan fingerprint density at radius 1 is 0.558 bits per heavy atom. The molecule has 4 aromatic carbocycles. The van der Waals surface area contributed by atoms with Crippen molar-refractivity contribution >= 4 is 0 Å². The number of rotatable bonds is 14. The van der Waals surface area contributed by atoms with Crippen LogP contribution in [-0.2, 0) is 45.4 Å². The Balaban J connectivity index is 1.39. The maximum Gasteiger partial charge on any atom is 0.118 e. The minimum absolute atomic E-state index is 0.177. The molecule has 1 fully saturated rings. The standard InChI is InChI=1S/C37H42O6/c1-39-33-19-17-31(18-20-33)25-41-35-21-32(38)22-36(42-24-29-13-7-3-8-14-29)37(43-26-30-15-9-4-10-16-30)34(35)27-40-23-28-11-5-2-6-12-28/h2-20,32,34-38H,21-27H2,1H3/t32?,34-,35+,36+,37+/m0/s1. The molecule has 0 saturated heterocycles. The molecule has 4 aromatic rings. The normalized spacial score (nSPS) is 22.1. The summed E-state index contributed by atoms with van der Waals surface area (Å²) in [6, 6.07) is 38.3. The highest BCUT2D eigenvalue weighted by atomic mass is 16.5. The molecule has 0 aliphatic heterocycles. The molecule has 1 unspecified atom stereocenters. The van der Waals surface area contributed by atoms with Crippen molar-refractivity contribution in [3.63, 3.8) is 0 Å². The highest BCUT2D eigenvalue weighted by molar-refractivity contribution is 5.26. The van der Waals surface area contributed by atoms with Gasteiger partial charge in [-0.2, -0.15) is 0 Å². The van der Waals surface area contributed by atoms with E-state index in [0.717, 1.165) is 28.0 Å². The Hall–Kier alpha value is -3.52. The molecule has 6 nitrogen and oxygen atoms in total. The first-order valence-corrected chi connectivity index (χ1v) is 15.0. The lowest BCUT2D eigenvalue weighted by atomic mass is 9.93.